The first-order valence-corrected chi connectivity index (χ1v) is 7.80. The molecule has 3 rings (SSSR count). The fourth-order valence-corrected chi connectivity index (χ4v) is 2.23. The first-order chi connectivity index (χ1) is 13.0. The number of carbonyl (C=O) groups is 2. The second-order valence-electron chi connectivity index (χ2n) is 5.38. The summed E-state index contributed by atoms with van der Waals surface area (Å²) in [6.45, 7) is 0. The van der Waals surface area contributed by atoms with Crippen molar-refractivity contribution in [2.75, 3.05) is 16.0 Å². The van der Waals surface area contributed by atoms with Crippen molar-refractivity contribution >= 4 is 34.9 Å². The summed E-state index contributed by atoms with van der Waals surface area (Å²) in [6.07, 6.45) is 0. The molecule has 0 saturated carbocycles. The maximum atomic E-state index is 12.1. The Morgan fingerprint density at radius 2 is 1.44 bits per heavy atom. The molecule has 0 aliphatic carbocycles. The van der Waals surface area contributed by atoms with E-state index in [4.69, 9.17) is 4.42 Å². The predicted molar refractivity (Wildman–Crippen MR) is 98.8 cm³/mol. The van der Waals surface area contributed by atoms with Gasteiger partial charge < -0.3 is 20.4 Å². The van der Waals surface area contributed by atoms with Crippen LogP contribution in [0.25, 0.3) is 0 Å². The summed E-state index contributed by atoms with van der Waals surface area (Å²) in [7, 11) is 0. The third-order valence-corrected chi connectivity index (χ3v) is 3.41. The van der Waals surface area contributed by atoms with Gasteiger partial charge in [0.1, 0.15) is 4.92 Å². The lowest BCUT2D eigenvalue weighted by Gasteiger charge is -2.09. The van der Waals surface area contributed by atoms with Crippen LogP contribution in [-0.2, 0) is 0 Å². The number of carbonyl (C=O) groups excluding carboxylic acids is 2. The molecule has 27 heavy (non-hydrogen) atoms. The minimum Gasteiger partial charge on any atom is -0.395 e. The zero-order valence-corrected chi connectivity index (χ0v) is 13.8. The number of benzene rings is 2. The molecule has 1 heterocycles. The van der Waals surface area contributed by atoms with E-state index < -0.39 is 22.7 Å². The second kappa shape index (κ2) is 7.83. The lowest BCUT2D eigenvalue weighted by molar-refractivity contribution is -0.402. The molecule has 3 amide bonds. The van der Waals surface area contributed by atoms with Crippen molar-refractivity contribution in [3.63, 3.8) is 0 Å². The van der Waals surface area contributed by atoms with E-state index in [2.05, 4.69) is 16.0 Å². The summed E-state index contributed by atoms with van der Waals surface area (Å²) < 4.78 is 4.85. The summed E-state index contributed by atoms with van der Waals surface area (Å²) in [5, 5.41) is 18.5. The summed E-state index contributed by atoms with van der Waals surface area (Å²) in [6, 6.07) is 17.2. The van der Waals surface area contributed by atoms with Gasteiger partial charge in [0, 0.05) is 17.1 Å². The Bertz CT molecular complexity index is 984. The molecule has 0 spiro atoms. The monoisotopic (exact) mass is 366 g/mol. The van der Waals surface area contributed by atoms with Gasteiger partial charge in [-0.25, -0.2) is 4.79 Å². The Balaban J connectivity index is 1.63. The molecular weight excluding hydrogens is 352 g/mol. The number of furan rings is 1. The van der Waals surface area contributed by atoms with Gasteiger partial charge in [-0.2, -0.15) is 0 Å². The van der Waals surface area contributed by atoms with Crippen LogP contribution in [0.2, 0.25) is 0 Å². The largest absolute Gasteiger partial charge is 0.433 e. The summed E-state index contributed by atoms with van der Waals surface area (Å²) in [5.41, 5.74) is 1.47. The summed E-state index contributed by atoms with van der Waals surface area (Å²) >= 11 is 0. The van der Waals surface area contributed by atoms with Crippen molar-refractivity contribution in [2.45, 2.75) is 0 Å². The standard InChI is InChI=1S/C18H14N4O5/c23-17(15-9-10-16(27-15)22(25)26)19-13-7-4-8-14(11-13)21-18(24)20-12-5-2-1-3-6-12/h1-11H,(H,19,23)(H2,20,21,24). The van der Waals surface area contributed by atoms with Crippen LogP contribution >= 0.6 is 0 Å². The van der Waals surface area contributed by atoms with Gasteiger partial charge in [-0.1, -0.05) is 24.3 Å². The minimum atomic E-state index is -0.729. The number of anilines is 3. The highest BCUT2D eigenvalue weighted by Crippen LogP contribution is 2.19. The first kappa shape index (κ1) is 17.7. The van der Waals surface area contributed by atoms with Crippen LogP contribution in [-0.4, -0.2) is 16.9 Å². The van der Waals surface area contributed by atoms with Gasteiger partial charge in [-0.3, -0.25) is 14.9 Å². The lowest BCUT2D eigenvalue weighted by Crippen LogP contribution is -2.19. The normalized spacial score (nSPS) is 10.1. The third-order valence-electron chi connectivity index (χ3n) is 3.41. The highest BCUT2D eigenvalue weighted by molar-refractivity contribution is 6.03. The van der Waals surface area contributed by atoms with E-state index in [0.717, 1.165) is 6.07 Å². The Morgan fingerprint density at radius 1 is 0.815 bits per heavy atom. The van der Waals surface area contributed by atoms with Gasteiger partial charge in [0.15, 0.2) is 5.76 Å². The minimum absolute atomic E-state index is 0.193. The number of amides is 3. The molecule has 136 valence electrons. The maximum Gasteiger partial charge on any atom is 0.433 e. The molecule has 0 atom stereocenters. The smallest absolute Gasteiger partial charge is 0.395 e. The van der Waals surface area contributed by atoms with Crippen LogP contribution in [0.4, 0.5) is 27.7 Å². The number of rotatable bonds is 5. The molecule has 0 saturated heterocycles. The van der Waals surface area contributed by atoms with Gasteiger partial charge in [0.25, 0.3) is 5.91 Å². The molecule has 9 heteroatoms. The maximum absolute atomic E-state index is 12.1. The Morgan fingerprint density at radius 3 is 2.11 bits per heavy atom. The van der Waals surface area contributed by atoms with Crippen molar-refractivity contribution in [1.29, 1.82) is 0 Å². The molecule has 9 nitrogen and oxygen atoms in total. The van der Waals surface area contributed by atoms with Crippen molar-refractivity contribution in [3.8, 4) is 0 Å². The van der Waals surface area contributed by atoms with Gasteiger partial charge in [0.05, 0.1) is 6.07 Å². The number of urea groups is 1. The Hall–Kier alpha value is -4.14. The van der Waals surface area contributed by atoms with Crippen molar-refractivity contribution in [2.24, 2.45) is 0 Å². The van der Waals surface area contributed by atoms with Gasteiger partial charge in [-0.15, -0.1) is 0 Å². The fourth-order valence-electron chi connectivity index (χ4n) is 2.23. The highest BCUT2D eigenvalue weighted by atomic mass is 16.6. The molecule has 3 N–H and O–H groups in total. The van der Waals surface area contributed by atoms with E-state index in [1.54, 1.807) is 48.5 Å². The fraction of sp³-hybridized carbons (Fsp3) is 0. The van der Waals surface area contributed by atoms with E-state index in [9.17, 15) is 19.7 Å². The SMILES string of the molecule is O=C(Nc1ccccc1)Nc1cccc(NC(=O)c2ccc([N+](=O)[O-])o2)c1. The third kappa shape index (κ3) is 4.69. The predicted octanol–water partition coefficient (Wildman–Crippen LogP) is 4.08. The number of nitro groups is 1. The van der Waals surface area contributed by atoms with Gasteiger partial charge >= 0.3 is 11.9 Å². The molecule has 0 radical (unpaired) electrons. The van der Waals surface area contributed by atoms with Crippen LogP contribution in [0.15, 0.2) is 71.1 Å². The van der Waals surface area contributed by atoms with Crippen LogP contribution in [0.5, 0.6) is 0 Å². The average Bonchev–Trinajstić information content (AvgIpc) is 3.13. The van der Waals surface area contributed by atoms with Crippen molar-refractivity contribution < 1.29 is 18.9 Å². The number of nitrogens with one attached hydrogen (secondary N) is 3. The Labute approximate surface area is 153 Å². The molecule has 0 fully saturated rings. The highest BCUT2D eigenvalue weighted by Gasteiger charge is 2.17. The van der Waals surface area contributed by atoms with Gasteiger partial charge in [-0.05, 0) is 36.4 Å². The average molecular weight is 366 g/mol. The first-order valence-electron chi connectivity index (χ1n) is 7.80. The number of hydrogen-bond donors (Lipinski definition) is 3. The Kier molecular flexibility index (Phi) is 5.12. The summed E-state index contributed by atoms with van der Waals surface area (Å²) in [4.78, 5) is 34.0. The molecule has 1 aromatic heterocycles. The molecule has 0 aliphatic heterocycles. The van der Waals surface area contributed by atoms with Gasteiger partial charge in [0.2, 0.25) is 0 Å². The molecule has 0 unspecified atom stereocenters. The van der Waals surface area contributed by atoms with Crippen LogP contribution in [0.3, 0.4) is 0 Å². The zero-order chi connectivity index (χ0) is 19.2. The number of nitrogens with zero attached hydrogens (tertiary/aromatic N) is 1. The van der Waals surface area contributed by atoms with Crippen molar-refractivity contribution in [1.82, 2.24) is 0 Å². The molecule has 0 aliphatic rings. The lowest BCUT2D eigenvalue weighted by atomic mass is 10.2. The van der Waals surface area contributed by atoms with Crippen LogP contribution in [0.1, 0.15) is 10.6 Å². The van der Waals surface area contributed by atoms with Crippen LogP contribution < -0.4 is 16.0 Å². The van der Waals surface area contributed by atoms with E-state index >= 15 is 0 Å². The van der Waals surface area contributed by atoms with E-state index in [-0.39, 0.29) is 5.76 Å². The van der Waals surface area contributed by atoms with E-state index in [1.165, 1.54) is 6.07 Å². The van der Waals surface area contributed by atoms with E-state index in [1.807, 2.05) is 6.07 Å². The number of para-hydroxylation sites is 1. The topological polar surface area (TPSA) is 127 Å². The molecular formula is C18H14N4O5. The van der Waals surface area contributed by atoms with Crippen molar-refractivity contribution in [3.05, 3.63) is 82.6 Å². The second-order valence-corrected chi connectivity index (χ2v) is 5.38. The number of hydrogen-bond acceptors (Lipinski definition) is 5. The summed E-state index contributed by atoms with van der Waals surface area (Å²) in [5.74, 6) is -1.36. The van der Waals surface area contributed by atoms with Crippen LogP contribution in [0, 0.1) is 10.1 Å². The van der Waals surface area contributed by atoms with E-state index in [0.29, 0.717) is 17.1 Å². The molecule has 2 aromatic carbocycles. The quantitative estimate of drug-likeness (QED) is 0.463. The zero-order valence-electron chi connectivity index (χ0n) is 13.8. The molecule has 0 bridgehead atoms. The molecule has 3 aromatic rings.